The van der Waals surface area contributed by atoms with Gasteiger partial charge in [-0.15, -0.1) is 0 Å². The first kappa shape index (κ1) is 25.9. The summed E-state index contributed by atoms with van der Waals surface area (Å²) in [6, 6.07) is 5.92. The maximum atomic E-state index is 14.6. The summed E-state index contributed by atoms with van der Waals surface area (Å²) >= 11 is 0. The number of hydrogen-bond donors (Lipinski definition) is 2. The Balaban J connectivity index is 1.51. The highest BCUT2D eigenvalue weighted by atomic mass is 19.4. The van der Waals surface area contributed by atoms with Crippen LogP contribution in [-0.4, -0.2) is 83.2 Å². The third kappa shape index (κ3) is 5.58. The number of piperazine rings is 1. The average molecular weight is 531 g/mol. The monoisotopic (exact) mass is 530 g/mol. The summed E-state index contributed by atoms with van der Waals surface area (Å²) in [5.41, 5.74) is -0.266. The summed E-state index contributed by atoms with van der Waals surface area (Å²) in [5.74, 6) is -0.844. The van der Waals surface area contributed by atoms with E-state index in [1.165, 1.54) is 35.3 Å². The molecule has 10 nitrogen and oxygen atoms in total. The number of carbonyl (C=O) groups is 1. The molecule has 0 spiro atoms. The predicted octanol–water partition coefficient (Wildman–Crippen LogP) is 2.81. The summed E-state index contributed by atoms with van der Waals surface area (Å²) in [6.45, 7) is 1.88. The van der Waals surface area contributed by atoms with Gasteiger partial charge in [-0.25, -0.2) is 4.68 Å². The number of hydrogen-bond acceptors (Lipinski definition) is 8. The molecule has 1 aromatic carbocycles. The molecule has 1 saturated carbocycles. The van der Waals surface area contributed by atoms with Crippen molar-refractivity contribution >= 4 is 17.3 Å². The zero-order valence-electron chi connectivity index (χ0n) is 21.1. The van der Waals surface area contributed by atoms with Crippen LogP contribution in [0.4, 0.5) is 24.5 Å². The number of amides is 1. The van der Waals surface area contributed by atoms with E-state index >= 15 is 0 Å². The SMILES string of the molecule is CNC[C@H]1CN(c2c(NC(=O)c3ccn(-c4ccnnc4)n3)ccc(OC3CC3)c2C(F)(F)F)CCN1C. The molecule has 3 aromatic rings. The quantitative estimate of drug-likeness (QED) is 0.459. The molecule has 2 aromatic heterocycles. The van der Waals surface area contributed by atoms with Gasteiger partial charge in [0.05, 0.1) is 35.6 Å². The second-order valence-corrected chi connectivity index (χ2v) is 9.49. The van der Waals surface area contributed by atoms with Gasteiger partial charge in [0.25, 0.3) is 5.91 Å². The number of alkyl halides is 3. The Morgan fingerprint density at radius 1 is 1.16 bits per heavy atom. The van der Waals surface area contributed by atoms with Gasteiger partial charge < -0.3 is 20.3 Å². The van der Waals surface area contributed by atoms with Crippen LogP contribution in [0.2, 0.25) is 0 Å². The number of benzene rings is 1. The van der Waals surface area contributed by atoms with Crippen LogP contribution in [0.1, 0.15) is 28.9 Å². The van der Waals surface area contributed by atoms with Gasteiger partial charge in [0.1, 0.15) is 11.3 Å². The molecule has 38 heavy (non-hydrogen) atoms. The zero-order valence-corrected chi connectivity index (χ0v) is 21.1. The Bertz CT molecular complexity index is 1280. The summed E-state index contributed by atoms with van der Waals surface area (Å²) in [7, 11) is 3.76. The van der Waals surface area contributed by atoms with Crippen molar-refractivity contribution < 1.29 is 22.7 Å². The third-order valence-corrected chi connectivity index (χ3v) is 6.68. The van der Waals surface area contributed by atoms with Gasteiger partial charge in [-0.1, -0.05) is 0 Å². The molecule has 1 amide bonds. The lowest BCUT2D eigenvalue weighted by atomic mass is 10.0. The fourth-order valence-electron chi connectivity index (χ4n) is 4.54. The van der Waals surface area contributed by atoms with Gasteiger partial charge >= 0.3 is 6.18 Å². The minimum absolute atomic E-state index is 0.0175. The Morgan fingerprint density at radius 3 is 2.66 bits per heavy atom. The first-order valence-electron chi connectivity index (χ1n) is 12.4. The van der Waals surface area contributed by atoms with Crippen LogP contribution in [-0.2, 0) is 6.18 Å². The minimum Gasteiger partial charge on any atom is -0.490 e. The second kappa shape index (κ2) is 10.6. The molecule has 3 heterocycles. The molecule has 0 radical (unpaired) electrons. The van der Waals surface area contributed by atoms with E-state index < -0.39 is 17.6 Å². The maximum Gasteiger partial charge on any atom is 0.422 e. The van der Waals surface area contributed by atoms with Crippen LogP contribution in [0.5, 0.6) is 5.75 Å². The number of halogens is 3. The largest absolute Gasteiger partial charge is 0.490 e. The summed E-state index contributed by atoms with van der Waals surface area (Å²) in [6.07, 6.45) is 1.07. The lowest BCUT2D eigenvalue weighted by molar-refractivity contribution is -0.138. The molecular formula is C25H29F3N8O2. The van der Waals surface area contributed by atoms with Crippen LogP contribution < -0.4 is 20.3 Å². The number of nitrogens with one attached hydrogen (secondary N) is 2. The Hall–Kier alpha value is -3.71. The van der Waals surface area contributed by atoms with Gasteiger partial charge in [-0.2, -0.15) is 28.5 Å². The highest BCUT2D eigenvalue weighted by Crippen LogP contribution is 2.48. The molecule has 0 bridgehead atoms. The number of rotatable bonds is 8. The molecule has 13 heteroatoms. The van der Waals surface area contributed by atoms with Gasteiger partial charge in [-0.3, -0.25) is 9.69 Å². The molecule has 2 fully saturated rings. The summed E-state index contributed by atoms with van der Waals surface area (Å²) in [5, 5.41) is 17.6. The van der Waals surface area contributed by atoms with E-state index in [1.54, 1.807) is 17.2 Å². The first-order valence-corrected chi connectivity index (χ1v) is 12.4. The number of nitrogens with zero attached hydrogens (tertiary/aromatic N) is 6. The van der Waals surface area contributed by atoms with Crippen molar-refractivity contribution in [2.75, 3.05) is 50.5 Å². The minimum atomic E-state index is -4.70. The second-order valence-electron chi connectivity index (χ2n) is 9.49. The normalized spacial score (nSPS) is 18.4. The molecule has 1 aliphatic carbocycles. The van der Waals surface area contributed by atoms with Crippen molar-refractivity contribution in [3.63, 3.8) is 0 Å². The lowest BCUT2D eigenvalue weighted by Crippen LogP contribution is -2.55. The zero-order chi connectivity index (χ0) is 26.9. The summed E-state index contributed by atoms with van der Waals surface area (Å²) in [4.78, 5) is 17.0. The van der Waals surface area contributed by atoms with E-state index in [-0.39, 0.29) is 35.0 Å². The van der Waals surface area contributed by atoms with E-state index in [2.05, 4.69) is 30.8 Å². The Kier molecular flexibility index (Phi) is 7.21. The number of likely N-dealkylation sites (N-methyl/N-ethyl adjacent to an activating group) is 2. The standard InChI is InChI=1S/C25H29F3N8O2/c1-29-13-17-15-35(12-11-34(17)2)23-19(5-6-21(38-18-3-4-18)22(23)25(26,27)28)32-24(37)20-8-10-36(33-20)16-7-9-30-31-14-16/h5-10,14,17-18,29H,3-4,11-13,15H2,1-2H3,(H,32,37)/t17-/m0/s1. The lowest BCUT2D eigenvalue weighted by Gasteiger charge is -2.42. The number of anilines is 2. The van der Waals surface area contributed by atoms with Crippen LogP contribution in [0.3, 0.4) is 0 Å². The van der Waals surface area contributed by atoms with Crippen LogP contribution in [0, 0.1) is 0 Å². The topological polar surface area (TPSA) is 100 Å². The molecule has 2 aliphatic rings. The van der Waals surface area contributed by atoms with Crippen LogP contribution in [0.15, 0.2) is 42.9 Å². The molecule has 1 saturated heterocycles. The molecule has 1 aliphatic heterocycles. The number of aromatic nitrogens is 4. The predicted molar refractivity (Wildman–Crippen MR) is 135 cm³/mol. The van der Waals surface area contributed by atoms with Gasteiger partial charge in [-0.05, 0) is 51.2 Å². The molecule has 0 unspecified atom stereocenters. The third-order valence-electron chi connectivity index (χ3n) is 6.68. The highest BCUT2D eigenvalue weighted by Gasteiger charge is 2.42. The van der Waals surface area contributed by atoms with E-state index in [1.807, 2.05) is 14.1 Å². The fraction of sp³-hybridized carbons (Fsp3) is 0.440. The van der Waals surface area contributed by atoms with Gasteiger partial charge in [0.2, 0.25) is 0 Å². The van der Waals surface area contributed by atoms with Crippen LogP contribution >= 0.6 is 0 Å². The van der Waals surface area contributed by atoms with Crippen LogP contribution in [0.25, 0.3) is 5.69 Å². The molecule has 202 valence electrons. The summed E-state index contributed by atoms with van der Waals surface area (Å²) < 4.78 is 51.0. The van der Waals surface area contributed by atoms with Crippen molar-refractivity contribution in [1.82, 2.24) is 30.2 Å². The van der Waals surface area contributed by atoms with Crippen molar-refractivity contribution in [3.8, 4) is 11.4 Å². The molecule has 1 atom stereocenters. The van der Waals surface area contributed by atoms with E-state index in [0.717, 1.165) is 12.8 Å². The van der Waals surface area contributed by atoms with E-state index in [0.29, 0.717) is 31.9 Å². The average Bonchev–Trinajstić information content (AvgIpc) is 3.56. The van der Waals surface area contributed by atoms with Crippen molar-refractivity contribution in [3.05, 3.63) is 54.1 Å². The van der Waals surface area contributed by atoms with Crippen molar-refractivity contribution in [2.45, 2.75) is 31.2 Å². The highest BCUT2D eigenvalue weighted by molar-refractivity contribution is 6.05. The Labute approximate surface area is 217 Å². The van der Waals surface area contributed by atoms with E-state index in [9.17, 15) is 18.0 Å². The van der Waals surface area contributed by atoms with Crippen molar-refractivity contribution in [2.24, 2.45) is 0 Å². The molecule has 5 rings (SSSR count). The number of carbonyl (C=O) groups excluding carboxylic acids is 1. The fourth-order valence-corrected chi connectivity index (χ4v) is 4.54. The molecular weight excluding hydrogens is 501 g/mol. The van der Waals surface area contributed by atoms with E-state index in [4.69, 9.17) is 4.74 Å². The maximum absolute atomic E-state index is 14.6. The molecule has 2 N–H and O–H groups in total. The number of ether oxygens (including phenoxy) is 1. The smallest absolute Gasteiger partial charge is 0.422 e. The van der Waals surface area contributed by atoms with Gasteiger partial charge in [0, 0.05) is 38.4 Å². The Morgan fingerprint density at radius 2 is 1.97 bits per heavy atom. The van der Waals surface area contributed by atoms with Gasteiger partial charge in [0.15, 0.2) is 5.69 Å². The van der Waals surface area contributed by atoms with Crippen molar-refractivity contribution in [1.29, 1.82) is 0 Å². The first-order chi connectivity index (χ1) is 18.2.